The van der Waals surface area contributed by atoms with E-state index in [1.54, 1.807) is 24.3 Å². The third-order valence-electron chi connectivity index (χ3n) is 5.20. The highest BCUT2D eigenvalue weighted by atomic mass is 19.2. The quantitative estimate of drug-likeness (QED) is 0.310. The van der Waals surface area contributed by atoms with Gasteiger partial charge in [-0.2, -0.15) is 4.39 Å². The molecule has 164 valence electrons. The summed E-state index contributed by atoms with van der Waals surface area (Å²) in [6, 6.07) is 17.5. The van der Waals surface area contributed by atoms with Crippen molar-refractivity contribution in [1.29, 1.82) is 0 Å². The summed E-state index contributed by atoms with van der Waals surface area (Å²) in [5, 5.41) is 0. The van der Waals surface area contributed by atoms with Crippen LogP contribution in [-0.4, -0.2) is 19.9 Å². The third kappa shape index (κ3) is 5.81. The lowest BCUT2D eigenvalue weighted by Crippen LogP contribution is -2.12. The number of hydrogen-bond acceptors (Lipinski definition) is 2. The zero-order chi connectivity index (χ0) is 22.2. The first-order valence-electron chi connectivity index (χ1n) is 10.5. The highest BCUT2D eigenvalue weighted by Gasteiger charge is 2.15. The summed E-state index contributed by atoms with van der Waals surface area (Å²) in [5.74, 6) is -1.44. The topological polar surface area (TPSA) is 18.5 Å². The third-order valence-corrected chi connectivity index (χ3v) is 5.20. The number of rotatable bonds is 10. The molecule has 5 heteroatoms. The van der Waals surface area contributed by atoms with Crippen LogP contribution in [-0.2, 0) is 0 Å². The van der Waals surface area contributed by atoms with Crippen molar-refractivity contribution in [2.75, 3.05) is 13.7 Å². The fourth-order valence-electron chi connectivity index (χ4n) is 3.38. The lowest BCUT2D eigenvalue weighted by Gasteiger charge is -2.11. The van der Waals surface area contributed by atoms with E-state index in [4.69, 9.17) is 9.47 Å². The maximum atomic E-state index is 14.3. The first kappa shape index (κ1) is 22.7. The van der Waals surface area contributed by atoms with Crippen LogP contribution in [0.5, 0.6) is 11.5 Å². The predicted molar refractivity (Wildman–Crippen MR) is 118 cm³/mol. The predicted octanol–water partition coefficient (Wildman–Crippen LogP) is 7.60. The van der Waals surface area contributed by atoms with E-state index < -0.39 is 17.8 Å². The monoisotopic (exact) mass is 428 g/mol. The molecule has 1 atom stereocenters. The molecule has 3 aromatic rings. The van der Waals surface area contributed by atoms with Gasteiger partial charge in [0, 0.05) is 5.56 Å². The molecule has 3 rings (SSSR count). The molecule has 0 saturated carbocycles. The van der Waals surface area contributed by atoms with Gasteiger partial charge in [0.05, 0.1) is 7.11 Å². The van der Waals surface area contributed by atoms with Crippen molar-refractivity contribution in [3.8, 4) is 33.8 Å². The summed E-state index contributed by atoms with van der Waals surface area (Å²) in [6.07, 6.45) is 2.55. The van der Waals surface area contributed by atoms with Crippen LogP contribution in [0.4, 0.5) is 13.2 Å². The second-order valence-electron chi connectivity index (χ2n) is 7.45. The second kappa shape index (κ2) is 10.9. The Balaban J connectivity index is 1.64. The lowest BCUT2D eigenvalue weighted by atomic mass is 9.99. The number of hydrogen-bond donors (Lipinski definition) is 0. The zero-order valence-corrected chi connectivity index (χ0v) is 17.8. The lowest BCUT2D eigenvalue weighted by molar-refractivity contribution is 0.184. The molecule has 0 aliphatic rings. The van der Waals surface area contributed by atoms with E-state index >= 15 is 0 Å². The molecule has 3 aromatic carbocycles. The SMILES string of the molecule is CCCCC[C@@H](F)COc1ccc(-c2ccc(-c3ccc(OC)c(F)c3F)cc2)cc1. The van der Waals surface area contributed by atoms with Crippen LogP contribution in [0.25, 0.3) is 22.3 Å². The molecular weight excluding hydrogens is 401 g/mol. The molecule has 31 heavy (non-hydrogen) atoms. The van der Waals surface area contributed by atoms with E-state index in [1.165, 1.54) is 19.2 Å². The number of unbranched alkanes of at least 4 members (excludes halogenated alkanes) is 2. The van der Waals surface area contributed by atoms with Crippen LogP contribution < -0.4 is 9.47 Å². The van der Waals surface area contributed by atoms with Crippen LogP contribution in [0, 0.1) is 11.6 Å². The Labute approximate surface area is 181 Å². The Morgan fingerprint density at radius 3 is 2.00 bits per heavy atom. The van der Waals surface area contributed by atoms with Crippen molar-refractivity contribution < 1.29 is 22.6 Å². The summed E-state index contributed by atoms with van der Waals surface area (Å²) >= 11 is 0. The fourth-order valence-corrected chi connectivity index (χ4v) is 3.38. The molecule has 0 amide bonds. The van der Waals surface area contributed by atoms with E-state index in [1.807, 2.05) is 24.3 Å². The maximum absolute atomic E-state index is 14.3. The standard InChI is InChI=1S/C26H27F3O2/c1-3-4-5-6-21(27)17-31-22-13-11-19(12-14-22)18-7-9-20(10-8-18)23-15-16-24(30-2)26(29)25(23)28/h7-16,21H,3-6,17H2,1-2H3/t21-/m1/s1. The Kier molecular flexibility index (Phi) is 7.99. The van der Waals surface area contributed by atoms with Gasteiger partial charge < -0.3 is 9.47 Å². The van der Waals surface area contributed by atoms with Crippen molar-refractivity contribution in [2.45, 2.75) is 38.8 Å². The Bertz CT molecular complexity index is 969. The van der Waals surface area contributed by atoms with Gasteiger partial charge in [0.2, 0.25) is 5.82 Å². The Hall–Kier alpha value is -2.95. The van der Waals surface area contributed by atoms with Crippen molar-refractivity contribution in [3.63, 3.8) is 0 Å². The largest absolute Gasteiger partial charge is 0.494 e. The van der Waals surface area contributed by atoms with Crippen molar-refractivity contribution >= 4 is 0 Å². The summed E-state index contributed by atoms with van der Waals surface area (Å²) in [6.45, 7) is 2.15. The van der Waals surface area contributed by atoms with Gasteiger partial charge in [-0.05, 0) is 47.4 Å². The molecule has 0 unspecified atom stereocenters. The van der Waals surface area contributed by atoms with E-state index in [0.717, 1.165) is 30.4 Å². The van der Waals surface area contributed by atoms with E-state index in [2.05, 4.69) is 6.92 Å². The number of methoxy groups -OCH3 is 1. The van der Waals surface area contributed by atoms with Crippen LogP contribution >= 0.6 is 0 Å². The molecule has 0 spiro atoms. The average Bonchev–Trinajstić information content (AvgIpc) is 2.80. The van der Waals surface area contributed by atoms with Gasteiger partial charge in [-0.15, -0.1) is 0 Å². The first-order valence-corrected chi connectivity index (χ1v) is 10.5. The molecule has 0 saturated heterocycles. The van der Waals surface area contributed by atoms with Crippen LogP contribution in [0.3, 0.4) is 0 Å². The van der Waals surface area contributed by atoms with Gasteiger partial charge in [-0.25, -0.2) is 8.78 Å². The van der Waals surface area contributed by atoms with Crippen molar-refractivity contribution in [1.82, 2.24) is 0 Å². The van der Waals surface area contributed by atoms with Gasteiger partial charge in [0.1, 0.15) is 18.5 Å². The fraction of sp³-hybridized carbons (Fsp3) is 0.308. The van der Waals surface area contributed by atoms with Gasteiger partial charge in [-0.3, -0.25) is 0 Å². The van der Waals surface area contributed by atoms with Crippen molar-refractivity contribution in [2.24, 2.45) is 0 Å². The van der Waals surface area contributed by atoms with E-state index in [0.29, 0.717) is 17.7 Å². The summed E-state index contributed by atoms with van der Waals surface area (Å²) in [5.41, 5.74) is 2.61. The highest BCUT2D eigenvalue weighted by Crippen LogP contribution is 2.31. The molecule has 0 bridgehead atoms. The van der Waals surface area contributed by atoms with Crippen LogP contribution in [0.15, 0.2) is 60.7 Å². The number of benzene rings is 3. The molecule has 0 fully saturated rings. The Morgan fingerprint density at radius 1 is 0.774 bits per heavy atom. The first-order chi connectivity index (χ1) is 15.0. The molecule has 0 radical (unpaired) electrons. The van der Waals surface area contributed by atoms with E-state index in [-0.39, 0.29) is 17.9 Å². The second-order valence-corrected chi connectivity index (χ2v) is 7.45. The molecule has 0 heterocycles. The van der Waals surface area contributed by atoms with Crippen LogP contribution in [0.2, 0.25) is 0 Å². The normalized spacial score (nSPS) is 11.9. The maximum Gasteiger partial charge on any atom is 0.201 e. The van der Waals surface area contributed by atoms with Crippen LogP contribution in [0.1, 0.15) is 32.6 Å². The molecule has 0 aliphatic heterocycles. The molecule has 0 N–H and O–H groups in total. The summed E-state index contributed by atoms with van der Waals surface area (Å²) in [7, 11) is 1.30. The Morgan fingerprint density at radius 2 is 1.39 bits per heavy atom. The van der Waals surface area contributed by atoms with E-state index in [9.17, 15) is 13.2 Å². The molecule has 0 aromatic heterocycles. The summed E-state index contributed by atoms with van der Waals surface area (Å²) in [4.78, 5) is 0. The smallest absolute Gasteiger partial charge is 0.201 e. The van der Waals surface area contributed by atoms with Gasteiger partial charge in [0.15, 0.2) is 11.6 Å². The van der Waals surface area contributed by atoms with Gasteiger partial charge in [0.25, 0.3) is 0 Å². The minimum Gasteiger partial charge on any atom is -0.494 e. The number of halogens is 3. The molecule has 0 aliphatic carbocycles. The summed E-state index contributed by atoms with van der Waals surface area (Å²) < 4.78 is 52.5. The van der Waals surface area contributed by atoms with Crippen molar-refractivity contribution in [3.05, 3.63) is 72.3 Å². The highest BCUT2D eigenvalue weighted by molar-refractivity contribution is 5.71. The number of ether oxygens (including phenoxy) is 2. The zero-order valence-electron chi connectivity index (χ0n) is 17.8. The number of alkyl halides is 1. The van der Waals surface area contributed by atoms with Gasteiger partial charge >= 0.3 is 0 Å². The minimum atomic E-state index is -0.999. The minimum absolute atomic E-state index is 0.0573. The van der Waals surface area contributed by atoms with Gasteiger partial charge in [-0.1, -0.05) is 62.6 Å². The average molecular weight is 428 g/mol. The molecule has 2 nitrogen and oxygen atoms in total. The molecular formula is C26H27F3O2.